The lowest BCUT2D eigenvalue weighted by molar-refractivity contribution is 0.143. The molecule has 0 radical (unpaired) electrons. The van der Waals surface area contributed by atoms with Crippen molar-refractivity contribution in [1.82, 2.24) is 5.32 Å². The Balaban J connectivity index is 2.35. The number of carbonyl (C=O) groups is 1. The quantitative estimate of drug-likeness (QED) is 0.517. The highest BCUT2D eigenvalue weighted by atomic mass is 16.4. The first-order chi connectivity index (χ1) is 5.68. The lowest BCUT2D eigenvalue weighted by atomic mass is 10.1. The fourth-order valence-corrected chi connectivity index (χ4v) is 1.64. The summed E-state index contributed by atoms with van der Waals surface area (Å²) in [4.78, 5) is 10.3. The summed E-state index contributed by atoms with van der Waals surface area (Å²) < 4.78 is 0. The van der Waals surface area contributed by atoms with Crippen molar-refractivity contribution >= 4 is 6.09 Å². The van der Waals surface area contributed by atoms with Crippen molar-refractivity contribution in [2.45, 2.75) is 44.2 Å². The van der Waals surface area contributed by atoms with Gasteiger partial charge in [0, 0.05) is 6.04 Å². The first-order valence-corrected chi connectivity index (χ1v) is 4.36. The van der Waals surface area contributed by atoms with Crippen LogP contribution in [0, 0.1) is 0 Å². The maximum atomic E-state index is 10.3. The molecule has 0 aromatic rings. The van der Waals surface area contributed by atoms with Crippen LogP contribution in [0.3, 0.4) is 0 Å². The van der Waals surface area contributed by atoms with E-state index in [0.717, 1.165) is 25.7 Å². The molecule has 70 valence electrons. The van der Waals surface area contributed by atoms with Crippen LogP contribution in [0.4, 0.5) is 4.79 Å². The van der Waals surface area contributed by atoms with Gasteiger partial charge in [-0.25, -0.2) is 4.79 Å². The molecule has 3 N–H and O–H groups in total. The summed E-state index contributed by atoms with van der Waals surface area (Å²) in [5.41, 5.74) is 0. The van der Waals surface area contributed by atoms with Gasteiger partial charge in [0.25, 0.3) is 0 Å². The first-order valence-electron chi connectivity index (χ1n) is 4.36. The average Bonchev–Trinajstić information content (AvgIpc) is 2.12. The molecule has 1 saturated carbocycles. The molecule has 0 bridgehead atoms. The fraction of sp³-hybridized carbons (Fsp3) is 0.875. The lowest BCUT2D eigenvalue weighted by Crippen LogP contribution is -2.35. The minimum Gasteiger partial charge on any atom is -0.465 e. The lowest BCUT2D eigenvalue weighted by Gasteiger charge is -2.15. The van der Waals surface area contributed by atoms with E-state index in [4.69, 9.17) is 5.11 Å². The maximum Gasteiger partial charge on any atom is 0.404 e. The Hall–Kier alpha value is -0.770. The Morgan fingerprint density at radius 3 is 2.67 bits per heavy atom. The molecule has 1 fully saturated rings. The summed E-state index contributed by atoms with van der Waals surface area (Å²) in [6.45, 7) is 0. The summed E-state index contributed by atoms with van der Waals surface area (Å²) in [5.74, 6) is 0. The zero-order valence-electron chi connectivity index (χ0n) is 6.99. The van der Waals surface area contributed by atoms with E-state index in [1.807, 2.05) is 0 Å². The van der Waals surface area contributed by atoms with Gasteiger partial charge in [0.15, 0.2) is 0 Å². The second-order valence-corrected chi connectivity index (χ2v) is 3.32. The number of aliphatic hydroxyl groups is 1. The number of hydrogen-bond acceptors (Lipinski definition) is 2. The van der Waals surface area contributed by atoms with E-state index >= 15 is 0 Å². The minimum atomic E-state index is -0.992. The van der Waals surface area contributed by atoms with Gasteiger partial charge in [-0.2, -0.15) is 0 Å². The molecule has 4 heteroatoms. The summed E-state index contributed by atoms with van der Waals surface area (Å²) >= 11 is 0. The zero-order valence-corrected chi connectivity index (χ0v) is 6.99. The van der Waals surface area contributed by atoms with Crippen LogP contribution in [0.25, 0.3) is 0 Å². The van der Waals surface area contributed by atoms with Gasteiger partial charge in [-0.1, -0.05) is 12.8 Å². The van der Waals surface area contributed by atoms with Gasteiger partial charge >= 0.3 is 6.09 Å². The average molecular weight is 173 g/mol. The number of aliphatic hydroxyl groups excluding tert-OH is 1. The van der Waals surface area contributed by atoms with E-state index in [0.29, 0.717) is 6.42 Å². The van der Waals surface area contributed by atoms with Crippen LogP contribution in [0.1, 0.15) is 32.1 Å². The highest BCUT2D eigenvalue weighted by molar-refractivity contribution is 5.64. The Kier molecular flexibility index (Phi) is 3.34. The van der Waals surface area contributed by atoms with Gasteiger partial charge in [0.1, 0.15) is 0 Å². The van der Waals surface area contributed by atoms with Gasteiger partial charge in [-0.15, -0.1) is 0 Å². The molecule has 0 heterocycles. The van der Waals surface area contributed by atoms with Crippen molar-refractivity contribution in [2.75, 3.05) is 0 Å². The zero-order chi connectivity index (χ0) is 8.97. The van der Waals surface area contributed by atoms with Gasteiger partial charge in [-0.3, -0.25) is 0 Å². The Morgan fingerprint density at radius 1 is 1.33 bits per heavy atom. The summed E-state index contributed by atoms with van der Waals surface area (Å²) in [6, 6.07) is -0.0556. The van der Waals surface area contributed by atoms with Crippen molar-refractivity contribution in [2.24, 2.45) is 0 Å². The van der Waals surface area contributed by atoms with Gasteiger partial charge in [0.2, 0.25) is 0 Å². The second kappa shape index (κ2) is 4.30. The monoisotopic (exact) mass is 173 g/mol. The van der Waals surface area contributed by atoms with E-state index in [1.54, 1.807) is 0 Å². The molecule has 0 spiro atoms. The SMILES string of the molecule is O=C(O)NC1CCCC[C@@H](O)C1. The van der Waals surface area contributed by atoms with Crippen molar-refractivity contribution in [3.63, 3.8) is 0 Å². The number of nitrogens with one attached hydrogen (secondary N) is 1. The van der Waals surface area contributed by atoms with Crippen LogP contribution in [0.15, 0.2) is 0 Å². The summed E-state index contributed by atoms with van der Waals surface area (Å²) in [5, 5.41) is 20.2. The Bertz CT molecular complexity index is 160. The van der Waals surface area contributed by atoms with E-state index < -0.39 is 6.09 Å². The molecule has 4 nitrogen and oxygen atoms in total. The molecule has 1 aliphatic carbocycles. The highest BCUT2D eigenvalue weighted by Gasteiger charge is 2.19. The van der Waals surface area contributed by atoms with Gasteiger partial charge in [-0.05, 0) is 19.3 Å². The van der Waals surface area contributed by atoms with E-state index in [9.17, 15) is 9.90 Å². The number of amides is 1. The molecule has 12 heavy (non-hydrogen) atoms. The van der Waals surface area contributed by atoms with Crippen molar-refractivity contribution < 1.29 is 15.0 Å². The first kappa shape index (κ1) is 9.32. The van der Waals surface area contributed by atoms with E-state index in [1.165, 1.54) is 0 Å². The Morgan fingerprint density at radius 2 is 2.00 bits per heavy atom. The van der Waals surface area contributed by atoms with Gasteiger partial charge in [0.05, 0.1) is 6.10 Å². The predicted molar refractivity (Wildman–Crippen MR) is 44.0 cm³/mol. The molecule has 0 aromatic heterocycles. The third-order valence-electron chi connectivity index (χ3n) is 2.22. The van der Waals surface area contributed by atoms with Crippen molar-refractivity contribution in [1.29, 1.82) is 0 Å². The maximum absolute atomic E-state index is 10.3. The predicted octanol–water partition coefficient (Wildman–Crippen LogP) is 0.948. The third kappa shape index (κ3) is 3.09. The fourth-order valence-electron chi connectivity index (χ4n) is 1.64. The van der Waals surface area contributed by atoms with Crippen LogP contribution in [0.5, 0.6) is 0 Å². The molecule has 1 amide bonds. The highest BCUT2D eigenvalue weighted by Crippen LogP contribution is 2.17. The number of carboxylic acid groups (broad SMARTS) is 1. The number of rotatable bonds is 1. The smallest absolute Gasteiger partial charge is 0.404 e. The molecule has 1 unspecified atom stereocenters. The topological polar surface area (TPSA) is 69.6 Å². The molecule has 0 aromatic carbocycles. The van der Waals surface area contributed by atoms with Crippen LogP contribution < -0.4 is 5.32 Å². The normalized spacial score (nSPS) is 30.8. The van der Waals surface area contributed by atoms with Crippen LogP contribution in [-0.4, -0.2) is 28.5 Å². The second-order valence-electron chi connectivity index (χ2n) is 3.32. The summed E-state index contributed by atoms with van der Waals surface area (Å²) in [6.07, 6.45) is 2.90. The molecule has 1 rings (SSSR count). The molecular weight excluding hydrogens is 158 g/mol. The van der Waals surface area contributed by atoms with Crippen molar-refractivity contribution in [3.8, 4) is 0 Å². The number of hydrogen-bond donors (Lipinski definition) is 3. The summed E-state index contributed by atoms with van der Waals surface area (Å²) in [7, 11) is 0. The standard InChI is InChI=1S/C8H15NO3/c10-7-4-2-1-3-6(5-7)9-8(11)12/h6-7,9-10H,1-5H2,(H,11,12)/t6?,7-/m1/s1. The van der Waals surface area contributed by atoms with Crippen molar-refractivity contribution in [3.05, 3.63) is 0 Å². The van der Waals surface area contributed by atoms with Gasteiger partial charge < -0.3 is 15.5 Å². The molecule has 0 aliphatic heterocycles. The van der Waals surface area contributed by atoms with E-state index in [2.05, 4.69) is 5.32 Å². The molecule has 2 atom stereocenters. The van der Waals surface area contributed by atoms with Crippen LogP contribution in [-0.2, 0) is 0 Å². The third-order valence-corrected chi connectivity index (χ3v) is 2.22. The molecule has 0 saturated heterocycles. The van der Waals surface area contributed by atoms with E-state index in [-0.39, 0.29) is 12.1 Å². The Labute approximate surface area is 71.6 Å². The largest absolute Gasteiger partial charge is 0.465 e. The molecule has 1 aliphatic rings. The van der Waals surface area contributed by atoms with Crippen LogP contribution >= 0.6 is 0 Å². The minimum absolute atomic E-state index is 0.0556. The van der Waals surface area contributed by atoms with Crippen LogP contribution in [0.2, 0.25) is 0 Å². The molecular formula is C8H15NO3.